The minimum atomic E-state index is -0.435. The minimum Gasteiger partial charge on any atom is -0.493 e. The zero-order valence-corrected chi connectivity index (χ0v) is 10.8. The van der Waals surface area contributed by atoms with E-state index in [9.17, 15) is 4.79 Å². The fourth-order valence-corrected chi connectivity index (χ4v) is 1.84. The standard InChI is InChI=1S/C10H11IO4/c1-13-7-5-4-6(11)8(9(7)14-2)10(12)15-3/h4-5H,1-3H3. The Kier molecular flexibility index (Phi) is 4.19. The van der Waals surface area contributed by atoms with Gasteiger partial charge in [-0.3, -0.25) is 0 Å². The molecule has 0 spiro atoms. The molecule has 0 saturated heterocycles. The van der Waals surface area contributed by atoms with Crippen LogP contribution < -0.4 is 9.47 Å². The number of halogens is 1. The quantitative estimate of drug-likeness (QED) is 0.631. The van der Waals surface area contributed by atoms with Crippen molar-refractivity contribution in [2.24, 2.45) is 0 Å². The van der Waals surface area contributed by atoms with E-state index in [4.69, 9.17) is 9.47 Å². The Balaban J connectivity index is 3.38. The highest BCUT2D eigenvalue weighted by Crippen LogP contribution is 2.34. The molecule has 0 aliphatic rings. The van der Waals surface area contributed by atoms with Crippen LogP contribution in [-0.2, 0) is 4.74 Å². The summed E-state index contributed by atoms with van der Waals surface area (Å²) < 4.78 is 15.7. The van der Waals surface area contributed by atoms with Crippen LogP contribution in [0.5, 0.6) is 11.5 Å². The molecule has 0 bridgehead atoms. The maximum Gasteiger partial charge on any atom is 0.342 e. The van der Waals surface area contributed by atoms with Crippen molar-refractivity contribution < 1.29 is 19.0 Å². The number of carbonyl (C=O) groups excluding carboxylic acids is 1. The summed E-state index contributed by atoms with van der Waals surface area (Å²) in [5.41, 5.74) is 0.389. The molecule has 0 aromatic heterocycles. The summed E-state index contributed by atoms with van der Waals surface area (Å²) in [7, 11) is 4.34. The van der Waals surface area contributed by atoms with Crippen LogP contribution in [0.15, 0.2) is 12.1 Å². The topological polar surface area (TPSA) is 44.8 Å². The smallest absolute Gasteiger partial charge is 0.342 e. The van der Waals surface area contributed by atoms with Crippen molar-refractivity contribution in [3.8, 4) is 11.5 Å². The van der Waals surface area contributed by atoms with E-state index in [0.29, 0.717) is 17.1 Å². The van der Waals surface area contributed by atoms with Crippen LogP contribution in [0.4, 0.5) is 0 Å². The Labute approximate surface area is 102 Å². The molecule has 0 aliphatic carbocycles. The number of esters is 1. The number of carbonyl (C=O) groups is 1. The van der Waals surface area contributed by atoms with Crippen molar-refractivity contribution in [1.82, 2.24) is 0 Å². The van der Waals surface area contributed by atoms with Gasteiger partial charge >= 0.3 is 5.97 Å². The predicted octanol–water partition coefficient (Wildman–Crippen LogP) is 2.10. The third-order valence-corrected chi connectivity index (χ3v) is 2.78. The largest absolute Gasteiger partial charge is 0.493 e. The molecule has 0 atom stereocenters. The van der Waals surface area contributed by atoms with Crippen molar-refractivity contribution in [1.29, 1.82) is 0 Å². The second-order valence-corrected chi connectivity index (χ2v) is 3.81. The van der Waals surface area contributed by atoms with E-state index < -0.39 is 5.97 Å². The third-order valence-electron chi connectivity index (χ3n) is 1.88. The number of ether oxygens (including phenoxy) is 3. The first-order valence-electron chi connectivity index (χ1n) is 4.14. The van der Waals surface area contributed by atoms with E-state index >= 15 is 0 Å². The van der Waals surface area contributed by atoms with Crippen molar-refractivity contribution >= 4 is 28.6 Å². The van der Waals surface area contributed by atoms with E-state index in [0.717, 1.165) is 3.57 Å². The molecule has 82 valence electrons. The van der Waals surface area contributed by atoms with Gasteiger partial charge in [-0.15, -0.1) is 0 Å². The second kappa shape index (κ2) is 5.20. The van der Waals surface area contributed by atoms with Crippen molar-refractivity contribution in [3.63, 3.8) is 0 Å². The van der Waals surface area contributed by atoms with E-state index in [2.05, 4.69) is 4.74 Å². The van der Waals surface area contributed by atoms with Crippen LogP contribution in [0.2, 0.25) is 0 Å². The van der Waals surface area contributed by atoms with Crippen molar-refractivity contribution in [2.75, 3.05) is 21.3 Å². The first-order valence-corrected chi connectivity index (χ1v) is 5.22. The monoisotopic (exact) mass is 322 g/mol. The highest BCUT2D eigenvalue weighted by molar-refractivity contribution is 14.1. The summed E-state index contributed by atoms with van der Waals surface area (Å²) in [5, 5.41) is 0. The summed E-state index contributed by atoms with van der Waals surface area (Å²) in [6, 6.07) is 3.52. The molecular weight excluding hydrogens is 311 g/mol. The van der Waals surface area contributed by atoms with Gasteiger partial charge in [0.1, 0.15) is 5.56 Å². The predicted molar refractivity (Wildman–Crippen MR) is 63.6 cm³/mol. The van der Waals surface area contributed by atoms with Crippen LogP contribution in [-0.4, -0.2) is 27.3 Å². The van der Waals surface area contributed by atoms with Gasteiger partial charge in [0.2, 0.25) is 0 Å². The molecule has 0 aliphatic heterocycles. The maximum absolute atomic E-state index is 11.5. The Hall–Kier alpha value is -0.980. The molecule has 1 rings (SSSR count). The lowest BCUT2D eigenvalue weighted by molar-refractivity contribution is 0.0595. The highest BCUT2D eigenvalue weighted by Gasteiger charge is 2.20. The fourth-order valence-electron chi connectivity index (χ4n) is 1.20. The maximum atomic E-state index is 11.5. The molecule has 1 aromatic rings. The lowest BCUT2D eigenvalue weighted by atomic mass is 10.2. The average molecular weight is 322 g/mol. The molecule has 4 nitrogen and oxygen atoms in total. The zero-order valence-electron chi connectivity index (χ0n) is 8.67. The lowest BCUT2D eigenvalue weighted by Crippen LogP contribution is -2.07. The Morgan fingerprint density at radius 3 is 2.33 bits per heavy atom. The Morgan fingerprint density at radius 1 is 1.20 bits per heavy atom. The number of benzene rings is 1. The van der Waals surface area contributed by atoms with Crippen LogP contribution in [0.3, 0.4) is 0 Å². The first-order chi connectivity index (χ1) is 7.15. The second-order valence-electron chi connectivity index (χ2n) is 2.65. The summed E-state index contributed by atoms with van der Waals surface area (Å²) in [5.74, 6) is 0.477. The molecule has 0 fully saturated rings. The molecular formula is C10H11IO4. The SMILES string of the molecule is COC(=O)c1c(I)ccc(OC)c1OC. The van der Waals surface area contributed by atoms with Gasteiger partial charge in [0.05, 0.1) is 21.3 Å². The lowest BCUT2D eigenvalue weighted by Gasteiger charge is -2.12. The molecule has 0 unspecified atom stereocenters. The van der Waals surface area contributed by atoms with Gasteiger partial charge in [-0.25, -0.2) is 4.79 Å². The molecule has 5 heteroatoms. The highest BCUT2D eigenvalue weighted by atomic mass is 127. The minimum absolute atomic E-state index is 0.389. The molecule has 0 radical (unpaired) electrons. The van der Waals surface area contributed by atoms with Crippen LogP contribution >= 0.6 is 22.6 Å². The Bertz CT molecular complexity index is 376. The van der Waals surface area contributed by atoms with E-state index in [-0.39, 0.29) is 0 Å². The summed E-state index contributed by atoms with van der Waals surface area (Å²) in [6.45, 7) is 0. The van der Waals surface area contributed by atoms with Gasteiger partial charge in [0, 0.05) is 3.57 Å². The normalized spacial score (nSPS) is 9.60. The summed E-state index contributed by atoms with van der Waals surface area (Å²) >= 11 is 2.04. The van der Waals surface area contributed by atoms with Gasteiger partial charge < -0.3 is 14.2 Å². The molecule has 0 amide bonds. The molecule has 0 saturated carbocycles. The zero-order chi connectivity index (χ0) is 11.4. The molecule has 0 N–H and O–H groups in total. The van der Waals surface area contributed by atoms with Gasteiger partial charge in [-0.1, -0.05) is 0 Å². The van der Waals surface area contributed by atoms with Gasteiger partial charge in [0.15, 0.2) is 11.5 Å². The Morgan fingerprint density at radius 2 is 1.87 bits per heavy atom. The van der Waals surface area contributed by atoms with E-state index in [1.807, 2.05) is 22.6 Å². The molecule has 15 heavy (non-hydrogen) atoms. The number of rotatable bonds is 3. The molecule has 0 heterocycles. The first kappa shape index (κ1) is 12.1. The number of methoxy groups -OCH3 is 3. The van der Waals surface area contributed by atoms with Crippen LogP contribution in [0.25, 0.3) is 0 Å². The third kappa shape index (κ3) is 2.34. The van der Waals surface area contributed by atoms with Gasteiger partial charge in [-0.05, 0) is 34.7 Å². The van der Waals surface area contributed by atoms with Crippen LogP contribution in [0, 0.1) is 3.57 Å². The van der Waals surface area contributed by atoms with Gasteiger partial charge in [-0.2, -0.15) is 0 Å². The van der Waals surface area contributed by atoms with Crippen molar-refractivity contribution in [2.45, 2.75) is 0 Å². The summed E-state index contributed by atoms with van der Waals surface area (Å²) in [6.07, 6.45) is 0. The fraction of sp³-hybridized carbons (Fsp3) is 0.300. The number of hydrogen-bond acceptors (Lipinski definition) is 4. The van der Waals surface area contributed by atoms with E-state index in [1.165, 1.54) is 21.3 Å². The van der Waals surface area contributed by atoms with Crippen molar-refractivity contribution in [3.05, 3.63) is 21.3 Å². The van der Waals surface area contributed by atoms with Gasteiger partial charge in [0.25, 0.3) is 0 Å². The van der Waals surface area contributed by atoms with E-state index in [1.54, 1.807) is 12.1 Å². The summed E-state index contributed by atoms with van der Waals surface area (Å²) in [4.78, 5) is 11.5. The average Bonchev–Trinajstić information content (AvgIpc) is 2.27. The number of hydrogen-bond donors (Lipinski definition) is 0. The molecule has 1 aromatic carbocycles. The van der Waals surface area contributed by atoms with Crippen LogP contribution in [0.1, 0.15) is 10.4 Å².